The van der Waals surface area contributed by atoms with Gasteiger partial charge in [-0.1, -0.05) is 6.92 Å². The first-order chi connectivity index (χ1) is 8.93. The molecule has 1 aromatic heterocycles. The highest BCUT2D eigenvalue weighted by molar-refractivity contribution is 5.83. The molecule has 0 fully saturated rings. The van der Waals surface area contributed by atoms with Gasteiger partial charge in [-0.15, -0.1) is 0 Å². The molecule has 1 atom stereocenters. The number of hydrogen-bond donors (Lipinski definition) is 2. The van der Waals surface area contributed by atoms with Gasteiger partial charge >= 0.3 is 6.03 Å². The summed E-state index contributed by atoms with van der Waals surface area (Å²) in [6.45, 7) is 1.95. The van der Waals surface area contributed by atoms with E-state index < -0.39 is 0 Å². The first-order valence-corrected chi connectivity index (χ1v) is 6.17. The van der Waals surface area contributed by atoms with Crippen LogP contribution in [0.3, 0.4) is 0 Å². The molecule has 0 aliphatic carbocycles. The average molecular weight is 267 g/mol. The molecule has 1 aromatic rings. The van der Waals surface area contributed by atoms with Gasteiger partial charge in [0.15, 0.2) is 0 Å². The Bertz CT molecular complexity index is 441. The fourth-order valence-corrected chi connectivity index (χ4v) is 1.60. The quantitative estimate of drug-likeness (QED) is 0.803. The standard InChI is InChI=1S/C12H21N5O2/c1-5-10(9-6-14-17(4)8-9)15-11(18)7-13-12(19)16(2)3/h6,8,10H,5,7H2,1-4H3,(H,13,19)(H,15,18)/t10-/m0/s1. The van der Waals surface area contributed by atoms with Crippen molar-refractivity contribution in [3.05, 3.63) is 18.0 Å². The Labute approximate surface area is 113 Å². The monoisotopic (exact) mass is 267 g/mol. The van der Waals surface area contributed by atoms with E-state index in [9.17, 15) is 9.59 Å². The van der Waals surface area contributed by atoms with Crippen LogP contribution in [-0.4, -0.2) is 47.3 Å². The lowest BCUT2D eigenvalue weighted by Crippen LogP contribution is -2.42. The van der Waals surface area contributed by atoms with Crippen LogP contribution in [0.1, 0.15) is 24.9 Å². The van der Waals surface area contributed by atoms with Crippen molar-refractivity contribution in [3.8, 4) is 0 Å². The predicted octanol–water partition coefficient (Wildman–Crippen LogP) is 0.259. The molecule has 0 saturated carbocycles. The summed E-state index contributed by atoms with van der Waals surface area (Å²) in [6, 6.07) is -0.373. The molecular formula is C12H21N5O2. The number of amides is 3. The van der Waals surface area contributed by atoms with Crippen LogP contribution in [0.5, 0.6) is 0 Å². The van der Waals surface area contributed by atoms with Crippen molar-refractivity contribution < 1.29 is 9.59 Å². The molecule has 2 N–H and O–H groups in total. The molecule has 7 heteroatoms. The van der Waals surface area contributed by atoms with Crippen LogP contribution in [0.2, 0.25) is 0 Å². The second kappa shape index (κ2) is 6.77. The fourth-order valence-electron chi connectivity index (χ4n) is 1.60. The van der Waals surface area contributed by atoms with Gasteiger partial charge in [0, 0.05) is 32.9 Å². The highest BCUT2D eigenvalue weighted by Gasteiger charge is 2.14. The molecule has 19 heavy (non-hydrogen) atoms. The van der Waals surface area contributed by atoms with Gasteiger partial charge in [0.25, 0.3) is 0 Å². The maximum absolute atomic E-state index is 11.7. The van der Waals surface area contributed by atoms with Crippen LogP contribution >= 0.6 is 0 Å². The molecule has 0 aliphatic rings. The van der Waals surface area contributed by atoms with E-state index in [-0.39, 0.29) is 24.5 Å². The van der Waals surface area contributed by atoms with E-state index in [0.29, 0.717) is 0 Å². The fraction of sp³-hybridized carbons (Fsp3) is 0.583. The predicted molar refractivity (Wildman–Crippen MR) is 71.5 cm³/mol. The smallest absolute Gasteiger partial charge is 0.317 e. The lowest BCUT2D eigenvalue weighted by Gasteiger charge is -2.16. The summed E-state index contributed by atoms with van der Waals surface area (Å²) in [5, 5.41) is 9.47. The zero-order chi connectivity index (χ0) is 14.4. The number of rotatable bonds is 5. The lowest BCUT2D eigenvalue weighted by molar-refractivity contribution is -0.120. The molecule has 0 radical (unpaired) electrons. The minimum atomic E-state index is -0.287. The minimum Gasteiger partial charge on any atom is -0.348 e. The maximum Gasteiger partial charge on any atom is 0.317 e. The normalized spacial score (nSPS) is 11.8. The third-order valence-corrected chi connectivity index (χ3v) is 2.68. The lowest BCUT2D eigenvalue weighted by atomic mass is 10.1. The number of carbonyl (C=O) groups is 2. The Morgan fingerprint density at radius 3 is 2.63 bits per heavy atom. The molecule has 3 amide bonds. The highest BCUT2D eigenvalue weighted by atomic mass is 16.2. The van der Waals surface area contributed by atoms with E-state index >= 15 is 0 Å². The summed E-state index contributed by atoms with van der Waals surface area (Å²) in [5.74, 6) is -0.217. The maximum atomic E-state index is 11.7. The molecule has 1 heterocycles. The molecule has 0 saturated heterocycles. The Balaban J connectivity index is 2.48. The van der Waals surface area contributed by atoms with Gasteiger partial charge in [-0.3, -0.25) is 9.48 Å². The largest absolute Gasteiger partial charge is 0.348 e. The van der Waals surface area contributed by atoms with Gasteiger partial charge < -0.3 is 15.5 Å². The first kappa shape index (κ1) is 15.0. The van der Waals surface area contributed by atoms with Crippen LogP contribution in [0.4, 0.5) is 4.79 Å². The number of aryl methyl sites for hydroxylation is 1. The highest BCUT2D eigenvalue weighted by Crippen LogP contribution is 2.14. The number of urea groups is 1. The molecule has 1 rings (SSSR count). The van der Waals surface area contributed by atoms with Gasteiger partial charge in [0.2, 0.25) is 5.91 Å². The van der Waals surface area contributed by atoms with Gasteiger partial charge in [0.1, 0.15) is 0 Å². The van der Waals surface area contributed by atoms with E-state index in [1.807, 2.05) is 20.2 Å². The van der Waals surface area contributed by atoms with E-state index in [2.05, 4.69) is 15.7 Å². The van der Waals surface area contributed by atoms with Crippen molar-refractivity contribution in [2.45, 2.75) is 19.4 Å². The van der Waals surface area contributed by atoms with Crippen LogP contribution in [-0.2, 0) is 11.8 Å². The average Bonchev–Trinajstić information content (AvgIpc) is 2.79. The Kier molecular flexibility index (Phi) is 5.35. The SMILES string of the molecule is CC[C@H](NC(=O)CNC(=O)N(C)C)c1cnn(C)c1. The summed E-state index contributed by atoms with van der Waals surface area (Å²) >= 11 is 0. The van der Waals surface area contributed by atoms with Crippen LogP contribution < -0.4 is 10.6 Å². The number of hydrogen-bond acceptors (Lipinski definition) is 3. The van der Waals surface area contributed by atoms with E-state index in [4.69, 9.17) is 0 Å². The molecule has 0 bridgehead atoms. The zero-order valence-electron chi connectivity index (χ0n) is 11.8. The van der Waals surface area contributed by atoms with Crippen molar-refractivity contribution in [1.29, 1.82) is 0 Å². The van der Waals surface area contributed by atoms with E-state index in [0.717, 1.165) is 12.0 Å². The second-order valence-electron chi connectivity index (χ2n) is 4.53. The van der Waals surface area contributed by atoms with Gasteiger partial charge in [0.05, 0.1) is 18.8 Å². The second-order valence-corrected chi connectivity index (χ2v) is 4.53. The summed E-state index contributed by atoms with van der Waals surface area (Å²) in [5.41, 5.74) is 0.956. The van der Waals surface area contributed by atoms with Gasteiger partial charge in [-0.05, 0) is 6.42 Å². The van der Waals surface area contributed by atoms with E-state index in [1.165, 1.54) is 4.90 Å². The number of aromatic nitrogens is 2. The molecule has 0 aromatic carbocycles. The molecule has 0 spiro atoms. The number of nitrogens with zero attached hydrogens (tertiary/aromatic N) is 3. The molecule has 0 aliphatic heterocycles. The topological polar surface area (TPSA) is 79.3 Å². The Hall–Kier alpha value is -2.05. The van der Waals surface area contributed by atoms with Crippen LogP contribution in [0.25, 0.3) is 0 Å². The third-order valence-electron chi connectivity index (χ3n) is 2.68. The number of nitrogens with one attached hydrogen (secondary N) is 2. The molecule has 0 unspecified atom stereocenters. The van der Waals surface area contributed by atoms with Crippen LogP contribution in [0.15, 0.2) is 12.4 Å². The molecular weight excluding hydrogens is 246 g/mol. The van der Waals surface area contributed by atoms with Crippen LogP contribution in [0, 0.1) is 0 Å². The third kappa shape index (κ3) is 4.61. The molecule has 106 valence electrons. The zero-order valence-corrected chi connectivity index (χ0v) is 11.8. The van der Waals surface area contributed by atoms with Crippen molar-refractivity contribution >= 4 is 11.9 Å². The summed E-state index contributed by atoms with van der Waals surface area (Å²) in [6.07, 6.45) is 4.36. The first-order valence-electron chi connectivity index (χ1n) is 6.17. The van der Waals surface area contributed by atoms with Crippen molar-refractivity contribution in [3.63, 3.8) is 0 Å². The summed E-state index contributed by atoms with van der Waals surface area (Å²) in [7, 11) is 5.07. The van der Waals surface area contributed by atoms with Gasteiger partial charge in [-0.25, -0.2) is 4.79 Å². The van der Waals surface area contributed by atoms with Crippen molar-refractivity contribution in [1.82, 2.24) is 25.3 Å². The minimum absolute atomic E-state index is 0.0340. The van der Waals surface area contributed by atoms with E-state index in [1.54, 1.807) is 25.0 Å². The van der Waals surface area contributed by atoms with Gasteiger partial charge in [-0.2, -0.15) is 5.10 Å². The van der Waals surface area contributed by atoms with Crippen molar-refractivity contribution in [2.75, 3.05) is 20.6 Å². The summed E-state index contributed by atoms with van der Waals surface area (Å²) < 4.78 is 1.69. The number of carbonyl (C=O) groups excluding carboxylic acids is 2. The summed E-state index contributed by atoms with van der Waals surface area (Å²) in [4.78, 5) is 24.4. The Morgan fingerprint density at radius 1 is 1.47 bits per heavy atom. The Morgan fingerprint density at radius 2 is 2.16 bits per heavy atom. The van der Waals surface area contributed by atoms with Crippen molar-refractivity contribution in [2.24, 2.45) is 7.05 Å². The molecule has 7 nitrogen and oxygen atoms in total.